The fourth-order valence-corrected chi connectivity index (χ4v) is 4.45. The van der Waals surface area contributed by atoms with Gasteiger partial charge >= 0.3 is 0 Å². The average Bonchev–Trinajstić information content (AvgIpc) is 2.74. The number of aryl methyl sites for hydroxylation is 2. The van der Waals surface area contributed by atoms with E-state index in [4.69, 9.17) is 10.7 Å². The van der Waals surface area contributed by atoms with Crippen LogP contribution in [0.1, 0.15) is 21.9 Å². The SMILES string of the molecule is Cc1ccc(C)c(-n2c(SC(C(N)=O)c3ccccc3)nc3ccccc3c2=O)c1. The van der Waals surface area contributed by atoms with E-state index in [0.29, 0.717) is 16.1 Å². The van der Waals surface area contributed by atoms with Crippen molar-refractivity contribution in [1.29, 1.82) is 0 Å². The summed E-state index contributed by atoms with van der Waals surface area (Å²) in [7, 11) is 0. The summed E-state index contributed by atoms with van der Waals surface area (Å²) in [6.07, 6.45) is 0. The number of aromatic nitrogens is 2. The first-order chi connectivity index (χ1) is 14.5. The lowest BCUT2D eigenvalue weighted by Gasteiger charge is -2.19. The summed E-state index contributed by atoms with van der Waals surface area (Å²) in [5, 5.41) is 0.286. The number of primary amides is 1. The van der Waals surface area contributed by atoms with E-state index >= 15 is 0 Å². The number of hydrogen-bond donors (Lipinski definition) is 1. The number of para-hydroxylation sites is 1. The number of fused-ring (bicyclic) bond motifs is 1. The molecule has 3 aromatic carbocycles. The standard InChI is InChI=1S/C24H21N3O2S/c1-15-12-13-16(2)20(14-15)27-23(29)18-10-6-7-11-19(18)26-24(27)30-21(22(25)28)17-8-4-3-5-9-17/h3-14,21H,1-2H3,(H2,25,28). The van der Waals surface area contributed by atoms with Crippen LogP contribution in [0.3, 0.4) is 0 Å². The van der Waals surface area contributed by atoms with Gasteiger partial charge < -0.3 is 5.73 Å². The van der Waals surface area contributed by atoms with Crippen molar-refractivity contribution in [3.05, 3.63) is 99.8 Å². The normalized spacial score (nSPS) is 12.1. The molecule has 0 aliphatic rings. The third-order valence-corrected chi connectivity index (χ3v) is 6.16. The van der Waals surface area contributed by atoms with Crippen molar-refractivity contribution in [2.24, 2.45) is 5.73 Å². The number of thioether (sulfide) groups is 1. The third kappa shape index (κ3) is 3.74. The van der Waals surface area contributed by atoms with Crippen molar-refractivity contribution in [1.82, 2.24) is 9.55 Å². The van der Waals surface area contributed by atoms with E-state index in [1.807, 2.05) is 74.5 Å². The predicted octanol–water partition coefficient (Wildman–Crippen LogP) is 4.32. The maximum atomic E-state index is 13.5. The van der Waals surface area contributed by atoms with E-state index in [1.165, 1.54) is 11.8 Å². The molecular weight excluding hydrogens is 394 g/mol. The van der Waals surface area contributed by atoms with Gasteiger partial charge in [-0.15, -0.1) is 0 Å². The van der Waals surface area contributed by atoms with Crippen LogP contribution in [0.5, 0.6) is 0 Å². The molecule has 1 aromatic heterocycles. The molecule has 1 unspecified atom stereocenters. The number of nitrogens with zero attached hydrogens (tertiary/aromatic N) is 2. The Bertz CT molecular complexity index is 1300. The highest BCUT2D eigenvalue weighted by Gasteiger charge is 2.24. The molecule has 0 saturated heterocycles. The lowest BCUT2D eigenvalue weighted by atomic mass is 10.1. The minimum absolute atomic E-state index is 0.173. The largest absolute Gasteiger partial charge is 0.368 e. The molecule has 4 rings (SSSR count). The zero-order valence-electron chi connectivity index (χ0n) is 16.7. The Morgan fingerprint density at radius 3 is 2.43 bits per heavy atom. The fraction of sp³-hybridized carbons (Fsp3) is 0.125. The zero-order valence-corrected chi connectivity index (χ0v) is 17.5. The molecule has 4 aromatic rings. The first-order valence-electron chi connectivity index (χ1n) is 9.56. The van der Waals surface area contributed by atoms with Crippen LogP contribution >= 0.6 is 11.8 Å². The van der Waals surface area contributed by atoms with Gasteiger partial charge in [0, 0.05) is 0 Å². The van der Waals surface area contributed by atoms with Gasteiger partial charge in [0.25, 0.3) is 5.56 Å². The third-order valence-electron chi connectivity index (χ3n) is 4.93. The second-order valence-corrected chi connectivity index (χ2v) is 8.23. The summed E-state index contributed by atoms with van der Waals surface area (Å²) < 4.78 is 1.59. The number of hydrogen-bond acceptors (Lipinski definition) is 4. The molecule has 1 amide bonds. The number of benzene rings is 3. The van der Waals surface area contributed by atoms with E-state index in [2.05, 4.69) is 0 Å². The molecule has 1 heterocycles. The topological polar surface area (TPSA) is 78.0 Å². The van der Waals surface area contributed by atoms with E-state index in [0.717, 1.165) is 22.4 Å². The van der Waals surface area contributed by atoms with Crippen molar-refractivity contribution in [3.63, 3.8) is 0 Å². The molecule has 30 heavy (non-hydrogen) atoms. The van der Waals surface area contributed by atoms with Crippen LogP contribution in [0.25, 0.3) is 16.6 Å². The second kappa shape index (κ2) is 8.16. The van der Waals surface area contributed by atoms with Gasteiger partial charge in [0.05, 0.1) is 16.6 Å². The fourth-order valence-electron chi connectivity index (χ4n) is 3.39. The molecule has 0 bridgehead atoms. The van der Waals surface area contributed by atoms with Crippen molar-refractivity contribution >= 4 is 28.6 Å². The molecule has 0 fully saturated rings. The maximum absolute atomic E-state index is 13.5. The van der Waals surface area contributed by atoms with Crippen molar-refractivity contribution in [3.8, 4) is 5.69 Å². The van der Waals surface area contributed by atoms with Crippen LogP contribution in [0.4, 0.5) is 0 Å². The van der Waals surface area contributed by atoms with Crippen molar-refractivity contribution < 1.29 is 4.79 Å². The minimum atomic E-state index is -0.671. The Balaban J connectivity index is 1.97. The molecule has 5 nitrogen and oxygen atoms in total. The highest BCUT2D eigenvalue weighted by atomic mass is 32.2. The van der Waals surface area contributed by atoms with Crippen LogP contribution in [0.2, 0.25) is 0 Å². The van der Waals surface area contributed by atoms with Crippen molar-refractivity contribution in [2.45, 2.75) is 24.3 Å². The van der Waals surface area contributed by atoms with Gasteiger partial charge in [-0.1, -0.05) is 66.4 Å². The Kier molecular flexibility index (Phi) is 5.42. The summed E-state index contributed by atoms with van der Waals surface area (Å²) >= 11 is 1.19. The zero-order chi connectivity index (χ0) is 21.3. The highest BCUT2D eigenvalue weighted by Crippen LogP contribution is 2.35. The van der Waals surface area contributed by atoms with Gasteiger partial charge in [-0.25, -0.2) is 4.98 Å². The van der Waals surface area contributed by atoms with Gasteiger partial charge in [0.2, 0.25) is 5.91 Å². The second-order valence-electron chi connectivity index (χ2n) is 7.15. The summed E-state index contributed by atoms with van der Waals surface area (Å²) in [5.74, 6) is -0.485. The van der Waals surface area contributed by atoms with Gasteiger partial charge in [-0.05, 0) is 48.7 Å². The Labute approximate surface area is 178 Å². The van der Waals surface area contributed by atoms with E-state index in [-0.39, 0.29) is 5.56 Å². The van der Waals surface area contributed by atoms with Crippen LogP contribution in [0.15, 0.2) is 82.7 Å². The average molecular weight is 416 g/mol. The molecule has 0 aliphatic heterocycles. The smallest absolute Gasteiger partial charge is 0.266 e. The quantitative estimate of drug-likeness (QED) is 0.389. The molecule has 0 radical (unpaired) electrons. The summed E-state index contributed by atoms with van der Waals surface area (Å²) in [6.45, 7) is 3.93. The number of nitrogens with two attached hydrogens (primary N) is 1. The van der Waals surface area contributed by atoms with Gasteiger partial charge in [-0.2, -0.15) is 0 Å². The Morgan fingerprint density at radius 1 is 1.00 bits per heavy atom. The van der Waals surface area contributed by atoms with Crippen LogP contribution in [-0.4, -0.2) is 15.5 Å². The molecule has 1 atom stereocenters. The van der Waals surface area contributed by atoms with Gasteiger partial charge in [0.15, 0.2) is 5.16 Å². The number of rotatable bonds is 5. The lowest BCUT2D eigenvalue weighted by Crippen LogP contribution is -2.25. The summed E-state index contributed by atoms with van der Waals surface area (Å²) in [5.41, 5.74) is 9.63. The maximum Gasteiger partial charge on any atom is 0.266 e. The molecule has 150 valence electrons. The van der Waals surface area contributed by atoms with E-state index in [1.54, 1.807) is 16.7 Å². The Morgan fingerprint density at radius 2 is 1.70 bits per heavy atom. The first-order valence-corrected chi connectivity index (χ1v) is 10.4. The molecule has 0 aliphatic carbocycles. The van der Waals surface area contributed by atoms with Gasteiger partial charge in [0.1, 0.15) is 5.25 Å². The number of carbonyl (C=O) groups is 1. The molecular formula is C24H21N3O2S. The first kappa shape index (κ1) is 19.9. The number of amides is 1. The molecule has 6 heteroatoms. The van der Waals surface area contributed by atoms with Crippen LogP contribution in [0, 0.1) is 13.8 Å². The predicted molar refractivity (Wildman–Crippen MR) is 121 cm³/mol. The minimum Gasteiger partial charge on any atom is -0.368 e. The van der Waals surface area contributed by atoms with Crippen LogP contribution < -0.4 is 11.3 Å². The van der Waals surface area contributed by atoms with E-state index < -0.39 is 11.2 Å². The lowest BCUT2D eigenvalue weighted by molar-refractivity contribution is -0.117. The monoisotopic (exact) mass is 415 g/mol. The van der Waals surface area contributed by atoms with Crippen molar-refractivity contribution in [2.75, 3.05) is 0 Å². The molecule has 2 N–H and O–H groups in total. The van der Waals surface area contributed by atoms with E-state index in [9.17, 15) is 9.59 Å². The molecule has 0 saturated carbocycles. The summed E-state index contributed by atoms with van der Waals surface area (Å²) in [6, 6.07) is 22.5. The van der Waals surface area contributed by atoms with Crippen LogP contribution in [-0.2, 0) is 4.79 Å². The highest BCUT2D eigenvalue weighted by molar-refractivity contribution is 8.00. The van der Waals surface area contributed by atoms with Gasteiger partial charge in [-0.3, -0.25) is 14.2 Å². The molecule has 0 spiro atoms. The number of carbonyl (C=O) groups excluding carboxylic acids is 1. The summed E-state index contributed by atoms with van der Waals surface area (Å²) in [4.78, 5) is 30.6. The Hall–Kier alpha value is -3.38.